The van der Waals surface area contributed by atoms with Crippen molar-refractivity contribution in [2.24, 2.45) is 0 Å². The van der Waals surface area contributed by atoms with Crippen LogP contribution in [0.15, 0.2) is 65.4 Å². The number of hydrogen-bond donors (Lipinski definition) is 1. The maximum Gasteiger partial charge on any atom is 0.126 e. The van der Waals surface area contributed by atoms with Gasteiger partial charge in [0, 0.05) is 6.20 Å². The summed E-state index contributed by atoms with van der Waals surface area (Å²) in [5.41, 5.74) is 2.11. The molecular formula is C16H17N3O. The smallest absolute Gasteiger partial charge is 0.126 e. The summed E-state index contributed by atoms with van der Waals surface area (Å²) in [4.78, 5) is 0. The van der Waals surface area contributed by atoms with E-state index in [1.165, 1.54) is 0 Å². The summed E-state index contributed by atoms with van der Waals surface area (Å²) >= 11 is 0. The topological polar surface area (TPSA) is 43.0 Å². The van der Waals surface area contributed by atoms with Gasteiger partial charge >= 0.3 is 0 Å². The Hall–Kier alpha value is -2.33. The molecule has 0 bridgehead atoms. The Labute approximate surface area is 118 Å². The Morgan fingerprint density at radius 3 is 2.70 bits per heavy atom. The van der Waals surface area contributed by atoms with Crippen molar-refractivity contribution in [3.63, 3.8) is 0 Å². The second-order valence-corrected chi connectivity index (χ2v) is 4.51. The normalized spacial score (nSPS) is 12.4. The fourth-order valence-electron chi connectivity index (χ4n) is 2.33. The van der Waals surface area contributed by atoms with E-state index in [0.29, 0.717) is 0 Å². The van der Waals surface area contributed by atoms with Crippen LogP contribution < -0.4 is 5.32 Å². The number of benzene rings is 1. The molecule has 3 aromatic rings. The largest absolute Gasteiger partial charge is 0.467 e. The Morgan fingerprint density at radius 2 is 2.00 bits per heavy atom. The fraction of sp³-hybridized carbons (Fsp3) is 0.188. The van der Waals surface area contributed by atoms with E-state index in [1.54, 1.807) is 6.26 Å². The zero-order chi connectivity index (χ0) is 13.8. The Bertz CT molecular complexity index is 643. The predicted octanol–water partition coefficient (Wildman–Crippen LogP) is 3.16. The van der Waals surface area contributed by atoms with E-state index in [-0.39, 0.29) is 6.04 Å². The molecule has 0 amide bonds. The first-order valence-electron chi connectivity index (χ1n) is 6.76. The van der Waals surface area contributed by atoms with Crippen LogP contribution in [-0.2, 0) is 0 Å². The summed E-state index contributed by atoms with van der Waals surface area (Å²) in [6, 6.07) is 16.0. The molecule has 1 aromatic carbocycles. The van der Waals surface area contributed by atoms with Crippen molar-refractivity contribution in [1.82, 2.24) is 15.1 Å². The van der Waals surface area contributed by atoms with Crippen LogP contribution in [0.25, 0.3) is 5.69 Å². The van der Waals surface area contributed by atoms with Gasteiger partial charge < -0.3 is 9.73 Å². The summed E-state index contributed by atoms with van der Waals surface area (Å²) in [5.74, 6) is 0.893. The number of para-hydroxylation sites is 1. The van der Waals surface area contributed by atoms with Gasteiger partial charge in [-0.3, -0.25) is 0 Å². The van der Waals surface area contributed by atoms with E-state index in [9.17, 15) is 0 Å². The minimum absolute atomic E-state index is 0.00212. The number of nitrogens with zero attached hydrogens (tertiary/aromatic N) is 2. The van der Waals surface area contributed by atoms with Crippen molar-refractivity contribution >= 4 is 0 Å². The SMILES string of the molecule is CCNC(c1ccco1)c1ccnn1-c1ccccc1. The molecular weight excluding hydrogens is 250 g/mol. The van der Waals surface area contributed by atoms with Crippen LogP contribution in [0.4, 0.5) is 0 Å². The molecule has 0 saturated heterocycles. The maximum atomic E-state index is 5.56. The molecule has 1 N–H and O–H groups in total. The Balaban J connectivity index is 2.03. The number of nitrogens with one attached hydrogen (secondary N) is 1. The molecule has 4 nitrogen and oxygen atoms in total. The molecule has 0 spiro atoms. The molecule has 102 valence electrons. The summed E-state index contributed by atoms with van der Waals surface area (Å²) in [6.07, 6.45) is 3.51. The van der Waals surface area contributed by atoms with Crippen LogP contribution in [-0.4, -0.2) is 16.3 Å². The monoisotopic (exact) mass is 267 g/mol. The minimum Gasteiger partial charge on any atom is -0.467 e. The molecule has 4 heteroatoms. The third-order valence-electron chi connectivity index (χ3n) is 3.20. The van der Waals surface area contributed by atoms with E-state index in [4.69, 9.17) is 4.42 Å². The first-order valence-corrected chi connectivity index (χ1v) is 6.76. The molecule has 0 radical (unpaired) electrons. The predicted molar refractivity (Wildman–Crippen MR) is 77.8 cm³/mol. The highest BCUT2D eigenvalue weighted by atomic mass is 16.3. The van der Waals surface area contributed by atoms with Gasteiger partial charge in [0.1, 0.15) is 11.8 Å². The molecule has 2 aromatic heterocycles. The van der Waals surface area contributed by atoms with Gasteiger partial charge in [0.2, 0.25) is 0 Å². The highest BCUT2D eigenvalue weighted by molar-refractivity contribution is 5.34. The Kier molecular flexibility index (Phi) is 3.65. The average Bonchev–Trinajstić information content (AvgIpc) is 3.17. The summed E-state index contributed by atoms with van der Waals surface area (Å²) < 4.78 is 7.50. The molecule has 2 heterocycles. The van der Waals surface area contributed by atoms with Gasteiger partial charge in [0.15, 0.2) is 0 Å². The van der Waals surface area contributed by atoms with Crippen LogP contribution in [0.1, 0.15) is 24.4 Å². The summed E-state index contributed by atoms with van der Waals surface area (Å²) in [6.45, 7) is 2.94. The maximum absolute atomic E-state index is 5.56. The quantitative estimate of drug-likeness (QED) is 0.772. The molecule has 0 aliphatic carbocycles. The standard InChI is InChI=1S/C16H17N3O/c1-2-17-16(15-9-6-12-20-15)14-10-11-18-19(14)13-7-4-3-5-8-13/h3-12,16-17H,2H2,1H3. The zero-order valence-electron chi connectivity index (χ0n) is 11.4. The van der Waals surface area contributed by atoms with Crippen molar-refractivity contribution in [3.05, 3.63) is 72.4 Å². The van der Waals surface area contributed by atoms with Gasteiger partial charge in [-0.15, -0.1) is 0 Å². The molecule has 0 aliphatic rings. The van der Waals surface area contributed by atoms with E-state index in [1.807, 2.05) is 59.4 Å². The van der Waals surface area contributed by atoms with E-state index < -0.39 is 0 Å². The fourth-order valence-corrected chi connectivity index (χ4v) is 2.33. The number of hydrogen-bond acceptors (Lipinski definition) is 3. The molecule has 20 heavy (non-hydrogen) atoms. The third-order valence-corrected chi connectivity index (χ3v) is 3.20. The molecule has 0 fully saturated rings. The lowest BCUT2D eigenvalue weighted by atomic mass is 10.1. The highest BCUT2D eigenvalue weighted by Gasteiger charge is 2.20. The summed E-state index contributed by atoms with van der Waals surface area (Å²) in [7, 11) is 0. The van der Waals surface area contributed by atoms with Crippen LogP contribution in [0.3, 0.4) is 0 Å². The van der Waals surface area contributed by atoms with Crippen molar-refractivity contribution < 1.29 is 4.42 Å². The van der Waals surface area contributed by atoms with Crippen LogP contribution in [0.2, 0.25) is 0 Å². The number of furan rings is 1. The van der Waals surface area contributed by atoms with Crippen molar-refractivity contribution in [3.8, 4) is 5.69 Å². The highest BCUT2D eigenvalue weighted by Crippen LogP contribution is 2.24. The van der Waals surface area contributed by atoms with E-state index >= 15 is 0 Å². The van der Waals surface area contributed by atoms with Gasteiger partial charge in [-0.25, -0.2) is 4.68 Å². The van der Waals surface area contributed by atoms with Gasteiger partial charge in [-0.05, 0) is 36.9 Å². The van der Waals surface area contributed by atoms with Crippen LogP contribution in [0, 0.1) is 0 Å². The van der Waals surface area contributed by atoms with Gasteiger partial charge in [-0.1, -0.05) is 25.1 Å². The van der Waals surface area contributed by atoms with Crippen molar-refractivity contribution in [2.75, 3.05) is 6.54 Å². The number of aromatic nitrogens is 2. The number of rotatable bonds is 5. The summed E-state index contributed by atoms with van der Waals surface area (Å²) in [5, 5.41) is 7.88. The first kappa shape index (κ1) is 12.7. The van der Waals surface area contributed by atoms with Crippen LogP contribution in [0.5, 0.6) is 0 Å². The van der Waals surface area contributed by atoms with Gasteiger partial charge in [0.05, 0.1) is 17.6 Å². The third kappa shape index (κ3) is 2.38. The van der Waals surface area contributed by atoms with Gasteiger partial charge in [-0.2, -0.15) is 5.10 Å². The molecule has 0 saturated carbocycles. The zero-order valence-corrected chi connectivity index (χ0v) is 11.4. The second-order valence-electron chi connectivity index (χ2n) is 4.51. The molecule has 1 unspecified atom stereocenters. The second kappa shape index (κ2) is 5.75. The average molecular weight is 267 g/mol. The molecule has 0 aliphatic heterocycles. The van der Waals surface area contributed by atoms with Crippen molar-refractivity contribution in [2.45, 2.75) is 13.0 Å². The van der Waals surface area contributed by atoms with Crippen LogP contribution >= 0.6 is 0 Å². The minimum atomic E-state index is -0.00212. The first-order chi connectivity index (χ1) is 9.90. The van der Waals surface area contributed by atoms with Crippen molar-refractivity contribution in [1.29, 1.82) is 0 Å². The Morgan fingerprint density at radius 1 is 1.15 bits per heavy atom. The van der Waals surface area contributed by atoms with E-state index in [0.717, 1.165) is 23.7 Å². The lowest BCUT2D eigenvalue weighted by Gasteiger charge is -2.17. The lowest BCUT2D eigenvalue weighted by molar-refractivity contribution is 0.442. The molecule has 1 atom stereocenters. The molecule has 3 rings (SSSR count). The van der Waals surface area contributed by atoms with Gasteiger partial charge in [0.25, 0.3) is 0 Å². The lowest BCUT2D eigenvalue weighted by Crippen LogP contribution is -2.24. The van der Waals surface area contributed by atoms with E-state index in [2.05, 4.69) is 17.3 Å².